The quantitative estimate of drug-likeness (QED) is 0.167. The molecule has 8 aromatic carbocycles. The molecule has 2 spiro atoms. The second-order valence-electron chi connectivity index (χ2n) is 20.1. The lowest BCUT2D eigenvalue weighted by molar-refractivity contribution is -0.175. The Morgan fingerprint density at radius 1 is 0.379 bits per heavy atom. The first kappa shape index (κ1) is 36.9. The van der Waals surface area contributed by atoms with Gasteiger partial charge in [-0.25, -0.2) is 15.0 Å². The number of para-hydroxylation sites is 1. The van der Waals surface area contributed by atoms with Crippen molar-refractivity contribution >= 4 is 0 Å². The molecule has 4 nitrogen and oxygen atoms in total. The van der Waals surface area contributed by atoms with Crippen molar-refractivity contribution in [3.8, 4) is 79.0 Å². The van der Waals surface area contributed by atoms with Gasteiger partial charge in [-0.05, 0) is 129 Å². The third-order valence-electron chi connectivity index (χ3n) is 17.3. The van der Waals surface area contributed by atoms with Crippen LogP contribution in [0.3, 0.4) is 0 Å². The summed E-state index contributed by atoms with van der Waals surface area (Å²) in [5.74, 6) is 6.61. The molecule has 5 atom stereocenters. The molecular weight excluding hydrogens is 803 g/mol. The molecule has 66 heavy (non-hydrogen) atoms. The van der Waals surface area contributed by atoms with Crippen LogP contribution in [0.4, 0.5) is 0 Å². The first-order valence-corrected chi connectivity index (χ1v) is 23.8. The smallest absolute Gasteiger partial charge is 0.164 e. The summed E-state index contributed by atoms with van der Waals surface area (Å²) in [7, 11) is 0. The molecule has 0 N–H and O–H groups in total. The van der Waals surface area contributed by atoms with Crippen LogP contribution in [0.15, 0.2) is 194 Å². The molecule has 3 unspecified atom stereocenters. The maximum Gasteiger partial charge on any atom is 0.164 e. The number of rotatable bonds is 6. The molecule has 314 valence electrons. The number of fused-ring (bicyclic) bond motifs is 10. The third kappa shape index (κ3) is 4.86. The molecule has 0 saturated heterocycles. The Morgan fingerprint density at radius 3 is 1.65 bits per heavy atom. The lowest BCUT2D eigenvalue weighted by atomic mass is 9.38. The highest BCUT2D eigenvalue weighted by molar-refractivity contribution is 5.90. The first-order valence-electron chi connectivity index (χ1n) is 23.8. The van der Waals surface area contributed by atoms with E-state index in [-0.39, 0.29) is 0 Å². The van der Waals surface area contributed by atoms with E-state index in [4.69, 9.17) is 19.7 Å². The Kier molecular flexibility index (Phi) is 7.44. The van der Waals surface area contributed by atoms with Crippen LogP contribution in [0.5, 0.6) is 11.5 Å². The first-order chi connectivity index (χ1) is 32.6. The highest BCUT2D eigenvalue weighted by atomic mass is 16.5. The van der Waals surface area contributed by atoms with Crippen molar-refractivity contribution in [3.63, 3.8) is 0 Å². The number of benzene rings is 8. The van der Waals surface area contributed by atoms with E-state index < -0.39 is 5.41 Å². The normalized spacial score (nSPS) is 23.7. The van der Waals surface area contributed by atoms with Crippen LogP contribution >= 0.6 is 0 Å². The van der Waals surface area contributed by atoms with Crippen LogP contribution in [-0.4, -0.2) is 15.0 Å². The Balaban J connectivity index is 0.871. The second kappa shape index (κ2) is 13.3. The predicted octanol–water partition coefficient (Wildman–Crippen LogP) is 14.8. The van der Waals surface area contributed by atoms with Gasteiger partial charge in [0, 0.05) is 27.8 Å². The molecule has 4 fully saturated rings. The summed E-state index contributed by atoms with van der Waals surface area (Å²) in [6.07, 6.45) is 7.08. The molecule has 0 amide bonds. The van der Waals surface area contributed by atoms with Crippen LogP contribution in [0.1, 0.15) is 59.9 Å². The van der Waals surface area contributed by atoms with Gasteiger partial charge in [0.15, 0.2) is 17.5 Å². The zero-order chi connectivity index (χ0) is 43.2. The van der Waals surface area contributed by atoms with E-state index in [0.29, 0.717) is 28.3 Å². The Hall–Kier alpha value is -7.43. The number of hydrogen-bond acceptors (Lipinski definition) is 4. The van der Waals surface area contributed by atoms with Gasteiger partial charge in [0.05, 0.1) is 5.41 Å². The minimum absolute atomic E-state index is 0.343. The summed E-state index contributed by atoms with van der Waals surface area (Å²) in [5.41, 5.74) is 16.7. The molecule has 1 aliphatic heterocycles. The van der Waals surface area contributed by atoms with Crippen molar-refractivity contribution in [2.24, 2.45) is 23.2 Å². The fourth-order valence-electron chi connectivity index (χ4n) is 14.6. The standard InChI is InChI=1S/C62H45N3O/c1-2-13-38(14-3-1)40-15-12-16-42(31-40)58-63-57(39-25-28-43(29-26-39)60-35-45-33-44-34-46(36-60)61(44,45)37-60)64-59(65-58)50-20-5-4-17-47(50)41-27-30-54-56(32-41)66-55-24-11-10-23-53(55)62(54)51-21-8-6-18-48(51)49-19-7-9-22-52(49)62/h1-32,44-46H,33-37H2/t44?,45-,46+,60?,61?. The summed E-state index contributed by atoms with van der Waals surface area (Å²) >= 11 is 0. The number of ether oxygens (including phenoxy) is 1. The largest absolute Gasteiger partial charge is 0.457 e. The van der Waals surface area contributed by atoms with Gasteiger partial charge in [-0.1, -0.05) is 176 Å². The van der Waals surface area contributed by atoms with Gasteiger partial charge in [-0.15, -0.1) is 0 Å². The van der Waals surface area contributed by atoms with E-state index in [1.54, 1.807) is 0 Å². The molecule has 4 heteroatoms. The average molecular weight is 848 g/mol. The Morgan fingerprint density at radius 2 is 0.939 bits per heavy atom. The van der Waals surface area contributed by atoms with Crippen molar-refractivity contribution < 1.29 is 4.74 Å². The van der Waals surface area contributed by atoms with E-state index >= 15 is 0 Å². The fourth-order valence-corrected chi connectivity index (χ4v) is 14.6. The van der Waals surface area contributed by atoms with Gasteiger partial charge < -0.3 is 4.74 Å². The van der Waals surface area contributed by atoms with Crippen LogP contribution in [0.2, 0.25) is 0 Å². The summed E-state index contributed by atoms with van der Waals surface area (Å²) in [6.45, 7) is 0. The second-order valence-corrected chi connectivity index (χ2v) is 20.1. The zero-order valence-electron chi connectivity index (χ0n) is 36.5. The fraction of sp³-hybridized carbons (Fsp3) is 0.177. The van der Waals surface area contributed by atoms with E-state index in [9.17, 15) is 0 Å². The number of aromatic nitrogens is 3. The van der Waals surface area contributed by atoms with E-state index in [2.05, 4.69) is 194 Å². The highest BCUT2D eigenvalue weighted by Gasteiger charge is 2.77. The van der Waals surface area contributed by atoms with Gasteiger partial charge in [-0.2, -0.15) is 0 Å². The lowest BCUT2D eigenvalue weighted by Crippen LogP contribution is -2.59. The lowest BCUT2D eigenvalue weighted by Gasteiger charge is -2.66. The molecule has 15 rings (SSSR count). The van der Waals surface area contributed by atoms with Crippen molar-refractivity contribution in [1.29, 1.82) is 0 Å². The summed E-state index contributed by atoms with van der Waals surface area (Å²) in [4.78, 5) is 16.0. The zero-order valence-corrected chi connectivity index (χ0v) is 36.5. The van der Waals surface area contributed by atoms with Crippen molar-refractivity contribution in [3.05, 3.63) is 222 Å². The van der Waals surface area contributed by atoms with E-state index in [0.717, 1.165) is 79.3 Å². The molecule has 1 aromatic heterocycles. The summed E-state index contributed by atoms with van der Waals surface area (Å²) in [6, 6.07) is 70.1. The molecule has 4 saturated carbocycles. The van der Waals surface area contributed by atoms with Gasteiger partial charge in [-0.3, -0.25) is 0 Å². The Bertz CT molecular complexity index is 3420. The monoisotopic (exact) mass is 847 g/mol. The summed E-state index contributed by atoms with van der Waals surface area (Å²) in [5, 5.41) is 0. The van der Waals surface area contributed by atoms with Gasteiger partial charge >= 0.3 is 0 Å². The molecule has 6 aliphatic rings. The number of hydrogen-bond donors (Lipinski definition) is 0. The average Bonchev–Trinajstić information content (AvgIpc) is 3.98. The predicted molar refractivity (Wildman–Crippen MR) is 262 cm³/mol. The van der Waals surface area contributed by atoms with Crippen LogP contribution in [0.25, 0.3) is 67.5 Å². The highest BCUT2D eigenvalue weighted by Crippen LogP contribution is 2.84. The maximum absolute atomic E-state index is 6.95. The van der Waals surface area contributed by atoms with Crippen LogP contribution in [0, 0.1) is 23.2 Å². The topological polar surface area (TPSA) is 47.9 Å². The molecule has 0 radical (unpaired) electrons. The van der Waals surface area contributed by atoms with Crippen LogP contribution < -0.4 is 4.74 Å². The number of nitrogens with zero attached hydrogens (tertiary/aromatic N) is 3. The third-order valence-corrected chi connectivity index (χ3v) is 17.3. The van der Waals surface area contributed by atoms with E-state index in [1.807, 2.05) is 0 Å². The summed E-state index contributed by atoms with van der Waals surface area (Å²) < 4.78 is 6.95. The van der Waals surface area contributed by atoms with Gasteiger partial charge in [0.2, 0.25) is 0 Å². The minimum atomic E-state index is -0.520. The van der Waals surface area contributed by atoms with Crippen molar-refractivity contribution in [1.82, 2.24) is 15.0 Å². The van der Waals surface area contributed by atoms with Gasteiger partial charge in [0.1, 0.15) is 11.5 Å². The molecule has 2 heterocycles. The SMILES string of the molecule is c1ccc(-c2cccc(-c3nc(-c4ccc(C56C[C@H]7CC8C[C@@H](C5)C87C6)cc4)nc(-c4ccccc4-c4ccc5c(c4)Oc4ccccc4C54c5ccccc5-c5ccccc54)n3)c2)cc1. The van der Waals surface area contributed by atoms with E-state index in [1.165, 1.54) is 59.9 Å². The maximum atomic E-state index is 6.95. The van der Waals surface area contributed by atoms with Crippen LogP contribution in [-0.2, 0) is 10.8 Å². The molecule has 2 bridgehead atoms. The minimum Gasteiger partial charge on any atom is -0.457 e. The molecular formula is C62H45N3O. The molecule has 9 aromatic rings. The van der Waals surface area contributed by atoms with Gasteiger partial charge in [0.25, 0.3) is 0 Å². The van der Waals surface area contributed by atoms with Crippen molar-refractivity contribution in [2.45, 2.75) is 42.9 Å². The molecule has 5 aliphatic carbocycles. The Labute approximate surface area is 385 Å². The van der Waals surface area contributed by atoms with Crippen molar-refractivity contribution in [2.75, 3.05) is 0 Å².